The van der Waals surface area contributed by atoms with E-state index < -0.39 is 12.1 Å². The van der Waals surface area contributed by atoms with Crippen LogP contribution in [-0.4, -0.2) is 47.4 Å². The van der Waals surface area contributed by atoms with E-state index in [1.807, 2.05) is 6.08 Å². The van der Waals surface area contributed by atoms with E-state index in [9.17, 15) is 19.8 Å². The molecule has 0 aliphatic heterocycles. The number of hydrogen-bond acceptors (Lipinski definition) is 5. The lowest BCUT2D eigenvalue weighted by Gasteiger charge is -2.20. The van der Waals surface area contributed by atoms with Gasteiger partial charge in [0.1, 0.15) is 0 Å². The van der Waals surface area contributed by atoms with Gasteiger partial charge in [0.05, 0.1) is 25.4 Å². The summed E-state index contributed by atoms with van der Waals surface area (Å²) in [6, 6.07) is -0.629. The molecule has 0 heterocycles. The molecule has 6 nitrogen and oxygen atoms in total. The fraction of sp³-hybridized carbons (Fsp3) is 0.841. The third kappa shape index (κ3) is 55.0. The number of carbonyl (C=O) groups excluding carboxylic acids is 2. The Morgan fingerprint density at radius 1 is 0.406 bits per heavy atom. The molecule has 69 heavy (non-hydrogen) atoms. The molecule has 0 aromatic heterocycles. The van der Waals surface area contributed by atoms with Crippen LogP contribution in [0.3, 0.4) is 0 Å². The topological polar surface area (TPSA) is 95.9 Å². The number of hydrogen-bond donors (Lipinski definition) is 3. The number of ether oxygens (including phenoxy) is 1. The minimum Gasteiger partial charge on any atom is -0.466 e. The molecule has 0 spiro atoms. The Morgan fingerprint density at radius 3 is 1.17 bits per heavy atom. The monoisotopic (exact) mass is 968 g/mol. The van der Waals surface area contributed by atoms with Crippen LogP contribution >= 0.6 is 0 Å². The Hall–Kier alpha value is -2.18. The number of unbranched alkanes of at least 4 members (excludes halogenated alkanes) is 39. The molecule has 0 rings (SSSR count). The van der Waals surface area contributed by atoms with Crippen LogP contribution in [0.25, 0.3) is 0 Å². The van der Waals surface area contributed by atoms with Gasteiger partial charge in [-0.15, -0.1) is 0 Å². The van der Waals surface area contributed by atoms with Gasteiger partial charge in [-0.3, -0.25) is 9.59 Å². The van der Waals surface area contributed by atoms with Crippen LogP contribution in [0, 0.1) is 0 Å². The molecule has 0 radical (unpaired) electrons. The maximum absolute atomic E-state index is 12.4. The predicted molar refractivity (Wildman–Crippen MR) is 301 cm³/mol. The van der Waals surface area contributed by atoms with Gasteiger partial charge in [-0.1, -0.05) is 268 Å². The minimum absolute atomic E-state index is 0.00198. The number of carbonyl (C=O) groups is 2. The predicted octanol–water partition coefficient (Wildman–Crippen LogP) is 19.0. The molecule has 2 unspecified atom stereocenters. The summed E-state index contributed by atoms with van der Waals surface area (Å²) in [7, 11) is 0. The highest BCUT2D eigenvalue weighted by atomic mass is 16.5. The summed E-state index contributed by atoms with van der Waals surface area (Å²) < 4.78 is 5.47. The van der Waals surface area contributed by atoms with Crippen molar-refractivity contribution in [3.8, 4) is 0 Å². The van der Waals surface area contributed by atoms with Gasteiger partial charge in [-0.25, -0.2) is 0 Å². The van der Waals surface area contributed by atoms with Crippen LogP contribution in [0.1, 0.15) is 316 Å². The fourth-order valence-electron chi connectivity index (χ4n) is 9.14. The first-order chi connectivity index (χ1) is 34.0. The Bertz CT molecular complexity index is 1160. The van der Waals surface area contributed by atoms with Crippen LogP contribution in [0.4, 0.5) is 0 Å². The zero-order valence-corrected chi connectivity index (χ0v) is 46.0. The zero-order valence-electron chi connectivity index (χ0n) is 46.0. The quantitative estimate of drug-likeness (QED) is 0.0321. The lowest BCUT2D eigenvalue weighted by atomic mass is 10.0. The van der Waals surface area contributed by atoms with Crippen molar-refractivity contribution in [2.24, 2.45) is 0 Å². The summed E-state index contributed by atoms with van der Waals surface area (Å²) in [5.41, 5.74) is 0. The van der Waals surface area contributed by atoms with Gasteiger partial charge in [0.2, 0.25) is 5.91 Å². The van der Waals surface area contributed by atoms with E-state index in [1.54, 1.807) is 6.08 Å². The molecule has 0 aliphatic carbocycles. The summed E-state index contributed by atoms with van der Waals surface area (Å²) in [6.07, 6.45) is 74.4. The first kappa shape index (κ1) is 66.8. The Labute approximate surface area is 429 Å². The van der Waals surface area contributed by atoms with E-state index >= 15 is 0 Å². The number of aliphatic hydroxyl groups is 2. The van der Waals surface area contributed by atoms with E-state index in [4.69, 9.17) is 4.74 Å². The molecular formula is C63H117NO5. The van der Waals surface area contributed by atoms with Crippen molar-refractivity contribution in [2.45, 2.75) is 328 Å². The van der Waals surface area contributed by atoms with Crippen LogP contribution in [0.15, 0.2) is 48.6 Å². The fourth-order valence-corrected chi connectivity index (χ4v) is 9.14. The first-order valence-electron chi connectivity index (χ1n) is 30.4. The van der Waals surface area contributed by atoms with Crippen LogP contribution in [-0.2, 0) is 14.3 Å². The molecule has 0 aromatic rings. The number of amides is 1. The normalized spacial score (nSPS) is 12.9. The summed E-state index contributed by atoms with van der Waals surface area (Å²) in [5.74, 6) is -0.0722. The second kappa shape index (κ2) is 58.4. The summed E-state index contributed by atoms with van der Waals surface area (Å²) in [4.78, 5) is 24.5. The maximum atomic E-state index is 12.4. The largest absolute Gasteiger partial charge is 0.466 e. The third-order valence-electron chi connectivity index (χ3n) is 13.8. The lowest BCUT2D eigenvalue weighted by molar-refractivity contribution is -0.143. The molecule has 0 aliphatic rings. The van der Waals surface area contributed by atoms with Crippen LogP contribution in [0.2, 0.25) is 0 Å². The van der Waals surface area contributed by atoms with E-state index in [-0.39, 0.29) is 18.5 Å². The molecule has 0 saturated carbocycles. The zero-order chi connectivity index (χ0) is 50.0. The van der Waals surface area contributed by atoms with Crippen molar-refractivity contribution in [3.63, 3.8) is 0 Å². The highest BCUT2D eigenvalue weighted by Crippen LogP contribution is 2.16. The molecule has 2 atom stereocenters. The highest BCUT2D eigenvalue weighted by molar-refractivity contribution is 5.76. The molecule has 1 amide bonds. The molecule has 404 valence electrons. The maximum Gasteiger partial charge on any atom is 0.305 e. The number of nitrogens with one attached hydrogen (secondary N) is 1. The van der Waals surface area contributed by atoms with E-state index in [1.165, 1.54) is 238 Å². The third-order valence-corrected chi connectivity index (χ3v) is 13.8. The van der Waals surface area contributed by atoms with E-state index in [0.717, 1.165) is 51.4 Å². The number of esters is 1. The van der Waals surface area contributed by atoms with Gasteiger partial charge >= 0.3 is 5.97 Å². The minimum atomic E-state index is -0.845. The van der Waals surface area contributed by atoms with E-state index in [0.29, 0.717) is 19.4 Å². The summed E-state index contributed by atoms with van der Waals surface area (Å²) >= 11 is 0. The van der Waals surface area contributed by atoms with Crippen molar-refractivity contribution in [3.05, 3.63) is 48.6 Å². The van der Waals surface area contributed by atoms with Crippen molar-refractivity contribution >= 4 is 11.9 Å². The van der Waals surface area contributed by atoms with Gasteiger partial charge in [-0.2, -0.15) is 0 Å². The van der Waals surface area contributed by atoms with Gasteiger partial charge in [0.25, 0.3) is 0 Å². The molecular weight excluding hydrogens is 851 g/mol. The summed E-state index contributed by atoms with van der Waals surface area (Å²) in [5, 5.41) is 23.1. The number of allylic oxidation sites excluding steroid dienone is 7. The average molecular weight is 969 g/mol. The Morgan fingerprint density at radius 2 is 0.754 bits per heavy atom. The van der Waals surface area contributed by atoms with E-state index in [2.05, 4.69) is 55.6 Å². The highest BCUT2D eigenvalue weighted by Gasteiger charge is 2.18. The average Bonchev–Trinajstić information content (AvgIpc) is 3.35. The molecule has 0 aromatic carbocycles. The molecule has 0 bridgehead atoms. The van der Waals surface area contributed by atoms with Crippen molar-refractivity contribution in [1.82, 2.24) is 5.32 Å². The molecule has 0 fully saturated rings. The van der Waals surface area contributed by atoms with Gasteiger partial charge in [0.15, 0.2) is 0 Å². The molecule has 3 N–H and O–H groups in total. The number of aliphatic hydroxyl groups excluding tert-OH is 2. The van der Waals surface area contributed by atoms with Gasteiger partial charge < -0.3 is 20.3 Å². The van der Waals surface area contributed by atoms with Crippen LogP contribution < -0.4 is 5.32 Å². The molecule has 6 heteroatoms. The Balaban J connectivity index is 3.41. The van der Waals surface area contributed by atoms with Crippen LogP contribution in [0.5, 0.6) is 0 Å². The second-order valence-electron chi connectivity index (χ2n) is 20.7. The number of rotatable bonds is 56. The molecule has 0 saturated heterocycles. The van der Waals surface area contributed by atoms with Gasteiger partial charge in [-0.05, 0) is 83.5 Å². The Kier molecular flexibility index (Phi) is 56.5. The van der Waals surface area contributed by atoms with Crippen molar-refractivity contribution < 1.29 is 24.5 Å². The van der Waals surface area contributed by atoms with Gasteiger partial charge in [0, 0.05) is 12.8 Å². The summed E-state index contributed by atoms with van der Waals surface area (Å²) in [6.45, 7) is 4.83. The first-order valence-corrected chi connectivity index (χ1v) is 30.4. The van der Waals surface area contributed by atoms with Crippen molar-refractivity contribution in [2.75, 3.05) is 13.2 Å². The lowest BCUT2D eigenvalue weighted by Crippen LogP contribution is -2.45. The SMILES string of the molecule is CCC/C=C\C/C=C\CCCCCCCC(=O)OCCCCCCCCCCCCCC/C=C\CCCCCCCCCCCCC(=O)NC(CO)C(O)/C=C/CCCCCCCCCCCCC. The standard InChI is InChI=1S/C63H117NO5/c1-3-5-7-9-11-13-15-31-35-39-43-47-51-55-61(66)60(59-65)64-62(67)56-52-48-44-40-36-33-29-27-25-23-21-19-17-18-20-22-24-26-28-30-34-38-42-46-50-54-58-69-63(68)57-53-49-45-41-37-32-16-14-12-10-8-6-4-2/h8,10,14,16-17,19,51,55,60-61,65-66H,3-7,9,11-13,15,18,20-50,52-54,56-59H2,1-2H3,(H,64,67)/b10-8-,16-14-,19-17-,55-51+. The second-order valence-corrected chi connectivity index (χ2v) is 20.7. The smallest absolute Gasteiger partial charge is 0.305 e. The van der Waals surface area contributed by atoms with Crippen molar-refractivity contribution in [1.29, 1.82) is 0 Å².